The van der Waals surface area contributed by atoms with Gasteiger partial charge in [-0.25, -0.2) is 9.97 Å². The summed E-state index contributed by atoms with van der Waals surface area (Å²) in [5.74, 6) is 1.37. The molecule has 0 bridgehead atoms. The van der Waals surface area contributed by atoms with Crippen molar-refractivity contribution < 1.29 is 0 Å². The zero-order valence-corrected chi connectivity index (χ0v) is 10.3. The van der Waals surface area contributed by atoms with Gasteiger partial charge >= 0.3 is 0 Å². The highest BCUT2D eigenvalue weighted by atomic mass is 79.9. The molecule has 0 radical (unpaired) electrons. The number of rotatable bonds is 2. The van der Waals surface area contributed by atoms with E-state index < -0.39 is 0 Å². The highest BCUT2D eigenvalue weighted by molar-refractivity contribution is 9.10. The van der Waals surface area contributed by atoms with Crippen LogP contribution in [0.4, 0.5) is 5.95 Å². The van der Waals surface area contributed by atoms with Crippen LogP contribution >= 0.6 is 15.9 Å². The summed E-state index contributed by atoms with van der Waals surface area (Å²) in [6.45, 7) is 4.05. The lowest BCUT2D eigenvalue weighted by molar-refractivity contribution is 0.487. The summed E-state index contributed by atoms with van der Waals surface area (Å²) < 4.78 is 0.911. The van der Waals surface area contributed by atoms with Gasteiger partial charge in [0, 0.05) is 31.5 Å². The molecule has 2 atom stereocenters. The van der Waals surface area contributed by atoms with Crippen LogP contribution in [-0.2, 0) is 0 Å². The zero-order chi connectivity index (χ0) is 10.8. The molecule has 2 heterocycles. The van der Waals surface area contributed by atoms with Crippen LogP contribution in [0.3, 0.4) is 0 Å². The summed E-state index contributed by atoms with van der Waals surface area (Å²) in [4.78, 5) is 10.8. The normalized spacial score (nSPS) is 23.1. The van der Waals surface area contributed by atoms with Crippen molar-refractivity contribution >= 4 is 21.9 Å². The van der Waals surface area contributed by atoms with Crippen LogP contribution in [-0.4, -0.2) is 29.1 Å². The van der Waals surface area contributed by atoms with Crippen LogP contribution in [0.15, 0.2) is 16.9 Å². The lowest BCUT2D eigenvalue weighted by Gasteiger charge is -2.17. The van der Waals surface area contributed by atoms with E-state index in [0.29, 0.717) is 5.92 Å². The fraction of sp³-hybridized carbons (Fsp3) is 0.600. The van der Waals surface area contributed by atoms with Crippen molar-refractivity contribution in [1.82, 2.24) is 9.97 Å². The van der Waals surface area contributed by atoms with Gasteiger partial charge in [-0.15, -0.1) is 0 Å². The Labute approximate surface area is 98.0 Å². The number of halogens is 1. The van der Waals surface area contributed by atoms with Crippen LogP contribution < -0.4 is 10.6 Å². The fourth-order valence-electron chi connectivity index (χ4n) is 1.87. The van der Waals surface area contributed by atoms with Crippen molar-refractivity contribution in [3.8, 4) is 0 Å². The van der Waals surface area contributed by atoms with E-state index in [4.69, 9.17) is 5.73 Å². The predicted octanol–water partition coefficient (Wildman–Crippen LogP) is 1.41. The molecule has 0 aromatic carbocycles. The third-order valence-corrected chi connectivity index (χ3v) is 3.27. The Morgan fingerprint density at radius 2 is 2.20 bits per heavy atom. The van der Waals surface area contributed by atoms with E-state index in [1.165, 1.54) is 0 Å². The van der Waals surface area contributed by atoms with Gasteiger partial charge in [0.25, 0.3) is 0 Å². The lowest BCUT2D eigenvalue weighted by atomic mass is 10.0. The minimum absolute atomic E-state index is 0.255. The first-order valence-electron chi connectivity index (χ1n) is 5.15. The molecule has 1 aliphatic heterocycles. The van der Waals surface area contributed by atoms with Gasteiger partial charge in [-0.2, -0.15) is 0 Å². The average Bonchev–Trinajstić information content (AvgIpc) is 2.68. The molecule has 4 nitrogen and oxygen atoms in total. The van der Waals surface area contributed by atoms with E-state index in [0.717, 1.165) is 29.9 Å². The molecule has 15 heavy (non-hydrogen) atoms. The van der Waals surface area contributed by atoms with Crippen molar-refractivity contribution in [2.45, 2.75) is 19.4 Å². The van der Waals surface area contributed by atoms with Gasteiger partial charge in [0.2, 0.25) is 5.95 Å². The fourth-order valence-corrected chi connectivity index (χ4v) is 2.07. The maximum Gasteiger partial charge on any atom is 0.225 e. The molecule has 0 amide bonds. The minimum atomic E-state index is 0.255. The highest BCUT2D eigenvalue weighted by Gasteiger charge is 2.26. The van der Waals surface area contributed by atoms with Crippen molar-refractivity contribution in [1.29, 1.82) is 0 Å². The Bertz CT molecular complexity index is 325. The van der Waals surface area contributed by atoms with Gasteiger partial charge < -0.3 is 10.6 Å². The Kier molecular flexibility index (Phi) is 3.21. The summed E-state index contributed by atoms with van der Waals surface area (Å²) in [6, 6.07) is 0.255. The van der Waals surface area contributed by atoms with Gasteiger partial charge in [0.05, 0.1) is 4.47 Å². The molecular weight excluding hydrogens is 256 g/mol. The second-order valence-electron chi connectivity index (χ2n) is 4.06. The first-order valence-corrected chi connectivity index (χ1v) is 5.94. The molecule has 1 aliphatic rings. The average molecular weight is 271 g/mol. The van der Waals surface area contributed by atoms with Crippen molar-refractivity contribution in [3.05, 3.63) is 16.9 Å². The summed E-state index contributed by atoms with van der Waals surface area (Å²) >= 11 is 3.33. The number of hydrogen-bond acceptors (Lipinski definition) is 4. The van der Waals surface area contributed by atoms with E-state index >= 15 is 0 Å². The number of nitrogens with zero attached hydrogens (tertiary/aromatic N) is 3. The van der Waals surface area contributed by atoms with Gasteiger partial charge in [-0.3, -0.25) is 0 Å². The SMILES string of the molecule is CC(N)C1CCN(c2ncc(Br)cn2)C1. The maximum absolute atomic E-state index is 5.89. The largest absolute Gasteiger partial charge is 0.340 e. The molecule has 1 fully saturated rings. The second-order valence-corrected chi connectivity index (χ2v) is 4.97. The van der Waals surface area contributed by atoms with Crippen molar-refractivity contribution in [3.63, 3.8) is 0 Å². The Morgan fingerprint density at radius 3 is 2.73 bits per heavy atom. The standard InChI is InChI=1S/C10H15BrN4/c1-7(12)8-2-3-15(6-8)10-13-4-9(11)5-14-10/h4-5,7-8H,2-3,6,12H2,1H3. The number of aromatic nitrogens is 2. The summed E-state index contributed by atoms with van der Waals surface area (Å²) in [7, 11) is 0. The van der Waals surface area contributed by atoms with Gasteiger partial charge in [-0.05, 0) is 35.2 Å². The molecular formula is C10H15BrN4. The second kappa shape index (κ2) is 4.45. The Hall–Kier alpha value is -0.680. The summed E-state index contributed by atoms with van der Waals surface area (Å²) in [6.07, 6.45) is 4.69. The van der Waals surface area contributed by atoms with Crippen molar-refractivity contribution in [2.75, 3.05) is 18.0 Å². The Balaban J connectivity index is 2.04. The highest BCUT2D eigenvalue weighted by Crippen LogP contribution is 2.22. The van der Waals surface area contributed by atoms with Gasteiger partial charge in [0.1, 0.15) is 0 Å². The molecule has 1 aromatic rings. The first-order chi connectivity index (χ1) is 7.16. The lowest BCUT2D eigenvalue weighted by Crippen LogP contribution is -2.30. The number of hydrogen-bond donors (Lipinski definition) is 1. The monoisotopic (exact) mass is 270 g/mol. The van der Waals surface area contributed by atoms with E-state index in [1.54, 1.807) is 12.4 Å². The quantitative estimate of drug-likeness (QED) is 0.883. The van der Waals surface area contributed by atoms with Gasteiger partial charge in [0.15, 0.2) is 0 Å². The number of anilines is 1. The topological polar surface area (TPSA) is 55.0 Å². The molecule has 5 heteroatoms. The molecule has 1 aromatic heterocycles. The van der Waals surface area contributed by atoms with E-state index in [9.17, 15) is 0 Å². The zero-order valence-electron chi connectivity index (χ0n) is 8.73. The molecule has 2 N–H and O–H groups in total. The van der Waals surface area contributed by atoms with Crippen LogP contribution in [0.2, 0.25) is 0 Å². The first kappa shape index (κ1) is 10.8. The molecule has 0 saturated carbocycles. The molecule has 2 rings (SSSR count). The van der Waals surface area contributed by atoms with E-state index in [1.807, 2.05) is 0 Å². The smallest absolute Gasteiger partial charge is 0.225 e. The third kappa shape index (κ3) is 2.46. The molecule has 82 valence electrons. The molecule has 0 aliphatic carbocycles. The summed E-state index contributed by atoms with van der Waals surface area (Å²) in [5.41, 5.74) is 5.89. The maximum atomic E-state index is 5.89. The predicted molar refractivity (Wildman–Crippen MR) is 63.7 cm³/mol. The third-order valence-electron chi connectivity index (χ3n) is 2.86. The Morgan fingerprint density at radius 1 is 1.53 bits per heavy atom. The molecule has 0 spiro atoms. The molecule has 1 saturated heterocycles. The van der Waals surface area contributed by atoms with Crippen LogP contribution in [0.25, 0.3) is 0 Å². The van der Waals surface area contributed by atoms with Crippen LogP contribution in [0, 0.1) is 5.92 Å². The van der Waals surface area contributed by atoms with E-state index in [-0.39, 0.29) is 6.04 Å². The van der Waals surface area contributed by atoms with Crippen LogP contribution in [0.5, 0.6) is 0 Å². The van der Waals surface area contributed by atoms with Crippen molar-refractivity contribution in [2.24, 2.45) is 11.7 Å². The van der Waals surface area contributed by atoms with Gasteiger partial charge in [-0.1, -0.05) is 0 Å². The number of nitrogens with two attached hydrogens (primary N) is 1. The minimum Gasteiger partial charge on any atom is -0.340 e. The summed E-state index contributed by atoms with van der Waals surface area (Å²) in [5, 5.41) is 0. The molecule has 2 unspecified atom stereocenters. The van der Waals surface area contributed by atoms with Crippen LogP contribution in [0.1, 0.15) is 13.3 Å². The van der Waals surface area contributed by atoms with E-state index in [2.05, 4.69) is 37.7 Å².